The number of nitrogens with one attached hydrogen (secondary N) is 1. The molecule has 2 amide bonds. The molecule has 1 N–H and O–H groups in total. The van der Waals surface area contributed by atoms with Gasteiger partial charge in [-0.1, -0.05) is 20.8 Å². The molecule has 0 spiro atoms. The Morgan fingerprint density at radius 2 is 1.82 bits per heavy atom. The number of carbonyl (C=O) groups excluding carboxylic acids is 2. The van der Waals surface area contributed by atoms with E-state index < -0.39 is 0 Å². The van der Waals surface area contributed by atoms with Crippen LogP contribution >= 0.6 is 0 Å². The van der Waals surface area contributed by atoms with E-state index in [-0.39, 0.29) is 24.4 Å². The largest absolute Gasteiger partial charge is 0.355 e. The van der Waals surface area contributed by atoms with E-state index >= 15 is 0 Å². The third-order valence-corrected chi connectivity index (χ3v) is 2.89. The Morgan fingerprint density at radius 3 is 2.24 bits per heavy atom. The zero-order chi connectivity index (χ0) is 13.4. The summed E-state index contributed by atoms with van der Waals surface area (Å²) >= 11 is 0. The molecule has 4 nitrogen and oxygen atoms in total. The standard InChI is InChI=1S/C13H26N2O2/c1-6-11(4)15(12(5)16)9-13(17)14-8-7-10(2)3/h10-11H,6-9H2,1-5H3,(H,14,17). The van der Waals surface area contributed by atoms with Crippen molar-refractivity contribution in [2.75, 3.05) is 13.1 Å². The van der Waals surface area contributed by atoms with Crippen molar-refractivity contribution in [2.24, 2.45) is 5.92 Å². The van der Waals surface area contributed by atoms with Crippen molar-refractivity contribution in [1.29, 1.82) is 0 Å². The van der Waals surface area contributed by atoms with Gasteiger partial charge in [0, 0.05) is 19.5 Å². The number of nitrogens with zero attached hydrogens (tertiary/aromatic N) is 1. The van der Waals surface area contributed by atoms with Crippen LogP contribution < -0.4 is 5.32 Å². The Labute approximate surface area is 105 Å². The summed E-state index contributed by atoms with van der Waals surface area (Å²) in [6, 6.07) is 0.114. The number of amides is 2. The summed E-state index contributed by atoms with van der Waals surface area (Å²) in [5, 5.41) is 2.85. The quantitative estimate of drug-likeness (QED) is 0.740. The van der Waals surface area contributed by atoms with Crippen LogP contribution in [-0.4, -0.2) is 35.8 Å². The average molecular weight is 242 g/mol. The molecule has 0 aromatic rings. The first-order valence-corrected chi connectivity index (χ1v) is 6.42. The maximum Gasteiger partial charge on any atom is 0.239 e. The van der Waals surface area contributed by atoms with Gasteiger partial charge in [-0.3, -0.25) is 9.59 Å². The molecule has 0 saturated heterocycles. The second-order valence-electron chi connectivity index (χ2n) is 4.94. The first kappa shape index (κ1) is 15.9. The molecule has 0 aliphatic heterocycles. The molecule has 0 saturated carbocycles. The summed E-state index contributed by atoms with van der Waals surface area (Å²) in [5.74, 6) is 0.466. The predicted molar refractivity (Wildman–Crippen MR) is 69.6 cm³/mol. The van der Waals surface area contributed by atoms with Gasteiger partial charge in [0.15, 0.2) is 0 Å². The van der Waals surface area contributed by atoms with E-state index in [1.165, 1.54) is 6.92 Å². The van der Waals surface area contributed by atoms with Crippen LogP contribution in [0.4, 0.5) is 0 Å². The third-order valence-electron chi connectivity index (χ3n) is 2.89. The van der Waals surface area contributed by atoms with E-state index in [0.717, 1.165) is 12.8 Å². The Bertz CT molecular complexity index is 252. The Kier molecular flexibility index (Phi) is 7.59. The van der Waals surface area contributed by atoms with Gasteiger partial charge in [0.1, 0.15) is 0 Å². The van der Waals surface area contributed by atoms with Gasteiger partial charge in [-0.05, 0) is 25.7 Å². The molecule has 17 heavy (non-hydrogen) atoms. The van der Waals surface area contributed by atoms with Crippen LogP contribution in [0.3, 0.4) is 0 Å². The lowest BCUT2D eigenvalue weighted by Gasteiger charge is -2.26. The van der Waals surface area contributed by atoms with E-state index in [4.69, 9.17) is 0 Å². The first-order chi connectivity index (χ1) is 7.88. The molecule has 0 aliphatic carbocycles. The summed E-state index contributed by atoms with van der Waals surface area (Å²) in [6.07, 6.45) is 1.83. The highest BCUT2D eigenvalue weighted by Crippen LogP contribution is 2.03. The van der Waals surface area contributed by atoms with Gasteiger partial charge in [-0.25, -0.2) is 0 Å². The Hall–Kier alpha value is -1.06. The topological polar surface area (TPSA) is 49.4 Å². The van der Waals surface area contributed by atoms with Gasteiger partial charge < -0.3 is 10.2 Å². The van der Waals surface area contributed by atoms with Gasteiger partial charge in [0.2, 0.25) is 11.8 Å². The molecule has 1 atom stereocenters. The fourth-order valence-electron chi connectivity index (χ4n) is 1.51. The molecule has 100 valence electrons. The fourth-order valence-corrected chi connectivity index (χ4v) is 1.51. The maximum atomic E-state index is 11.7. The van der Waals surface area contributed by atoms with Crippen LogP contribution in [0.15, 0.2) is 0 Å². The zero-order valence-corrected chi connectivity index (χ0v) is 11.7. The fraction of sp³-hybridized carbons (Fsp3) is 0.846. The Morgan fingerprint density at radius 1 is 1.24 bits per heavy atom. The van der Waals surface area contributed by atoms with E-state index in [2.05, 4.69) is 19.2 Å². The second-order valence-corrected chi connectivity index (χ2v) is 4.94. The van der Waals surface area contributed by atoms with Crippen LogP contribution in [0.1, 0.15) is 47.5 Å². The molecular weight excluding hydrogens is 216 g/mol. The molecule has 0 aromatic carbocycles. The van der Waals surface area contributed by atoms with Crippen molar-refractivity contribution in [2.45, 2.75) is 53.5 Å². The van der Waals surface area contributed by atoms with E-state index in [1.54, 1.807) is 4.90 Å². The van der Waals surface area contributed by atoms with Crippen LogP contribution in [-0.2, 0) is 9.59 Å². The predicted octanol–water partition coefficient (Wildman–Crippen LogP) is 1.80. The molecule has 0 aromatic heterocycles. The molecule has 0 fully saturated rings. The smallest absolute Gasteiger partial charge is 0.239 e. The summed E-state index contributed by atoms with van der Waals surface area (Å²) < 4.78 is 0. The van der Waals surface area contributed by atoms with Gasteiger partial charge in [-0.2, -0.15) is 0 Å². The van der Waals surface area contributed by atoms with Crippen LogP contribution in [0.2, 0.25) is 0 Å². The lowest BCUT2D eigenvalue weighted by atomic mass is 10.1. The van der Waals surface area contributed by atoms with Gasteiger partial charge in [-0.15, -0.1) is 0 Å². The second kappa shape index (κ2) is 8.09. The van der Waals surface area contributed by atoms with Crippen molar-refractivity contribution in [1.82, 2.24) is 10.2 Å². The van der Waals surface area contributed by atoms with Crippen molar-refractivity contribution >= 4 is 11.8 Å². The minimum atomic E-state index is -0.0684. The van der Waals surface area contributed by atoms with Crippen molar-refractivity contribution < 1.29 is 9.59 Å². The van der Waals surface area contributed by atoms with Crippen LogP contribution in [0.5, 0.6) is 0 Å². The molecule has 0 aliphatic rings. The van der Waals surface area contributed by atoms with Crippen LogP contribution in [0, 0.1) is 5.92 Å². The SMILES string of the molecule is CCC(C)N(CC(=O)NCCC(C)C)C(C)=O. The average Bonchev–Trinajstić information content (AvgIpc) is 2.24. The lowest BCUT2D eigenvalue weighted by molar-refractivity contribution is -0.136. The van der Waals surface area contributed by atoms with Crippen LogP contribution in [0.25, 0.3) is 0 Å². The lowest BCUT2D eigenvalue weighted by Crippen LogP contribution is -2.44. The molecule has 0 bridgehead atoms. The number of rotatable bonds is 7. The molecule has 1 unspecified atom stereocenters. The molecule has 0 heterocycles. The molecule has 0 radical (unpaired) electrons. The van der Waals surface area contributed by atoms with Gasteiger partial charge in [0.25, 0.3) is 0 Å². The summed E-state index contributed by atoms with van der Waals surface area (Å²) in [5.41, 5.74) is 0. The molecule has 4 heteroatoms. The minimum absolute atomic E-state index is 0.0432. The number of hydrogen-bond donors (Lipinski definition) is 1. The highest BCUT2D eigenvalue weighted by atomic mass is 16.2. The summed E-state index contributed by atoms with van der Waals surface area (Å²) in [4.78, 5) is 24.7. The van der Waals surface area contributed by atoms with Gasteiger partial charge >= 0.3 is 0 Å². The highest BCUT2D eigenvalue weighted by molar-refractivity contribution is 5.83. The first-order valence-electron chi connectivity index (χ1n) is 6.42. The summed E-state index contributed by atoms with van der Waals surface area (Å²) in [7, 11) is 0. The van der Waals surface area contributed by atoms with E-state index in [9.17, 15) is 9.59 Å². The normalized spacial score (nSPS) is 12.4. The van der Waals surface area contributed by atoms with E-state index in [0.29, 0.717) is 12.5 Å². The van der Waals surface area contributed by atoms with E-state index in [1.807, 2.05) is 13.8 Å². The van der Waals surface area contributed by atoms with Crippen molar-refractivity contribution in [3.05, 3.63) is 0 Å². The maximum absolute atomic E-state index is 11.7. The number of hydrogen-bond acceptors (Lipinski definition) is 2. The zero-order valence-electron chi connectivity index (χ0n) is 11.7. The number of carbonyl (C=O) groups is 2. The minimum Gasteiger partial charge on any atom is -0.355 e. The van der Waals surface area contributed by atoms with Crippen molar-refractivity contribution in [3.8, 4) is 0 Å². The molecule has 0 rings (SSSR count). The summed E-state index contributed by atoms with van der Waals surface area (Å²) in [6.45, 7) is 10.6. The van der Waals surface area contributed by atoms with Crippen molar-refractivity contribution in [3.63, 3.8) is 0 Å². The Balaban J connectivity index is 4.09. The highest BCUT2D eigenvalue weighted by Gasteiger charge is 2.18. The molecular formula is C13H26N2O2. The third kappa shape index (κ3) is 6.97. The monoisotopic (exact) mass is 242 g/mol. The van der Waals surface area contributed by atoms with Gasteiger partial charge in [0.05, 0.1) is 6.54 Å².